The van der Waals surface area contributed by atoms with Gasteiger partial charge in [0.05, 0.1) is 33.9 Å². The SMILES string of the molecule is Cn1nc(N2CCC(=O)NC2=O)c2ccc(C3CCN(CC4CCN(c5cccc(S(=O)(=O)N6CC[C@H](Nc7ncc(Cl)cn7)[C@H](F)C6)c5)CC4)CC3)cc21. The molecule has 4 aliphatic rings. The summed E-state index contributed by atoms with van der Waals surface area (Å²) in [6.45, 7) is 5.08. The Balaban J connectivity index is 0.816. The number of carbonyl (C=O) groups excluding carboxylic acids is 2. The fraction of sp³-hybridized carbons (Fsp3) is 0.500. The van der Waals surface area contributed by atoms with Gasteiger partial charge in [-0.2, -0.15) is 9.40 Å². The summed E-state index contributed by atoms with van der Waals surface area (Å²) in [6.07, 6.45) is 6.18. The van der Waals surface area contributed by atoms with E-state index in [0.717, 1.165) is 75.0 Å². The van der Waals surface area contributed by atoms with Crippen LogP contribution < -0.4 is 20.4 Å². The first-order valence-electron chi connectivity index (χ1n) is 19.1. The number of likely N-dealkylation sites (tertiary alicyclic amines) is 1. The summed E-state index contributed by atoms with van der Waals surface area (Å²) in [7, 11) is -1.99. The van der Waals surface area contributed by atoms with Gasteiger partial charge in [-0.1, -0.05) is 23.7 Å². The minimum atomic E-state index is -3.88. The normalized spacial score (nSPS) is 22.7. The summed E-state index contributed by atoms with van der Waals surface area (Å²) in [5, 5.41) is 11.3. The lowest BCUT2D eigenvalue weighted by Crippen LogP contribution is -2.50. The van der Waals surface area contributed by atoms with Crippen LogP contribution in [0.1, 0.15) is 50.0 Å². The van der Waals surface area contributed by atoms with Crippen LogP contribution in [0.3, 0.4) is 0 Å². The van der Waals surface area contributed by atoms with E-state index in [1.54, 1.807) is 23.1 Å². The van der Waals surface area contributed by atoms with Gasteiger partial charge in [-0.25, -0.2) is 27.6 Å². The molecular weight excluding hydrogens is 747 g/mol. The van der Waals surface area contributed by atoms with Crippen molar-refractivity contribution in [1.82, 2.24) is 34.3 Å². The molecule has 6 heterocycles. The molecule has 2 aromatic heterocycles. The molecule has 0 spiro atoms. The van der Waals surface area contributed by atoms with Crippen molar-refractivity contribution in [2.45, 2.75) is 61.6 Å². The minimum Gasteiger partial charge on any atom is -0.371 e. The molecule has 3 amide bonds. The van der Waals surface area contributed by atoms with E-state index >= 15 is 4.39 Å². The van der Waals surface area contributed by atoms with E-state index in [1.165, 1.54) is 22.3 Å². The average Bonchev–Trinajstić information content (AvgIpc) is 3.52. The molecule has 0 radical (unpaired) electrons. The fourth-order valence-electron chi connectivity index (χ4n) is 8.46. The number of hydrogen-bond acceptors (Lipinski definition) is 10. The van der Waals surface area contributed by atoms with Gasteiger partial charge in [0.2, 0.25) is 21.9 Å². The number of nitrogens with one attached hydrogen (secondary N) is 2. The van der Waals surface area contributed by atoms with Gasteiger partial charge in [0.25, 0.3) is 0 Å². The number of aryl methyl sites for hydroxylation is 1. The second kappa shape index (κ2) is 15.6. The molecule has 4 aromatic rings. The third-order valence-corrected chi connectivity index (χ3v) is 13.7. The standard InChI is InChI=1S/C38H46ClFN10O4S/c1-46-34-19-27(5-6-31(34)36(45-46)50-18-12-35(51)44-38(50)52)26-9-13-47(14-10-26)23-25-7-15-48(16-8-25)29-3-2-4-30(20-29)55(53,54)49-17-11-33(32(40)24-49)43-37-41-21-28(39)22-42-37/h2-6,19-22,25-26,32-33H,7-18,23-24H2,1H3,(H,41,42,43)(H,44,51,52)/t32-,33+/m1/s1. The number of benzene rings is 2. The number of fused-ring (bicyclic) bond motifs is 1. The van der Waals surface area contributed by atoms with Crippen LogP contribution in [0.15, 0.2) is 59.8 Å². The van der Waals surface area contributed by atoms with E-state index in [4.69, 9.17) is 11.6 Å². The summed E-state index contributed by atoms with van der Waals surface area (Å²) in [6, 6.07) is 12.5. The minimum absolute atomic E-state index is 0.185. The van der Waals surface area contributed by atoms with Crippen LogP contribution in [-0.4, -0.2) is 114 Å². The molecule has 17 heteroatoms. The van der Waals surface area contributed by atoms with Crippen LogP contribution in [0.5, 0.6) is 0 Å². The maximum Gasteiger partial charge on any atom is 0.329 e. The number of rotatable bonds is 9. The molecule has 0 aliphatic carbocycles. The Morgan fingerprint density at radius 2 is 1.71 bits per heavy atom. The van der Waals surface area contributed by atoms with Crippen LogP contribution in [0, 0.1) is 5.92 Å². The van der Waals surface area contributed by atoms with E-state index < -0.39 is 28.3 Å². The van der Waals surface area contributed by atoms with Crippen molar-refractivity contribution in [2.24, 2.45) is 13.0 Å². The number of anilines is 3. The van der Waals surface area contributed by atoms with Gasteiger partial charge in [-0.3, -0.25) is 19.7 Å². The number of nitrogens with zero attached hydrogens (tertiary/aromatic N) is 8. The van der Waals surface area contributed by atoms with Gasteiger partial charge >= 0.3 is 6.03 Å². The summed E-state index contributed by atoms with van der Waals surface area (Å²) in [5.41, 5.74) is 3.13. The number of sulfonamides is 1. The second-order valence-electron chi connectivity index (χ2n) is 15.1. The molecule has 4 saturated heterocycles. The number of alkyl halides is 1. The van der Waals surface area contributed by atoms with Crippen molar-refractivity contribution in [3.8, 4) is 0 Å². The summed E-state index contributed by atoms with van der Waals surface area (Å²) in [5.74, 6) is 1.59. The van der Waals surface area contributed by atoms with E-state index in [2.05, 4.69) is 53.7 Å². The van der Waals surface area contributed by atoms with Gasteiger partial charge in [-0.05, 0) is 92.9 Å². The summed E-state index contributed by atoms with van der Waals surface area (Å²) < 4.78 is 45.6. The van der Waals surface area contributed by atoms with Crippen molar-refractivity contribution in [1.29, 1.82) is 0 Å². The Kier molecular flexibility index (Phi) is 10.7. The highest BCUT2D eigenvalue weighted by molar-refractivity contribution is 7.89. The maximum absolute atomic E-state index is 15.2. The van der Waals surface area contributed by atoms with E-state index in [-0.39, 0.29) is 42.7 Å². The zero-order valence-electron chi connectivity index (χ0n) is 30.8. The molecule has 14 nitrogen and oxygen atoms in total. The zero-order chi connectivity index (χ0) is 38.3. The lowest BCUT2D eigenvalue weighted by molar-refractivity contribution is -0.120. The van der Waals surface area contributed by atoms with Crippen molar-refractivity contribution >= 4 is 61.9 Å². The third-order valence-electron chi connectivity index (χ3n) is 11.6. The molecule has 8 rings (SSSR count). The Morgan fingerprint density at radius 1 is 0.945 bits per heavy atom. The van der Waals surface area contributed by atoms with Gasteiger partial charge in [-0.15, -0.1) is 0 Å². The first-order valence-corrected chi connectivity index (χ1v) is 20.9. The van der Waals surface area contributed by atoms with E-state index in [1.807, 2.05) is 17.8 Å². The number of imide groups is 1. The molecule has 0 bridgehead atoms. The molecule has 0 saturated carbocycles. The predicted octanol–water partition coefficient (Wildman–Crippen LogP) is 4.77. The number of carbonyl (C=O) groups is 2. The highest BCUT2D eigenvalue weighted by atomic mass is 35.5. The molecule has 2 aromatic carbocycles. The van der Waals surface area contributed by atoms with E-state index in [0.29, 0.717) is 29.2 Å². The third kappa shape index (κ3) is 8.00. The second-order valence-corrected chi connectivity index (χ2v) is 17.5. The molecular formula is C38H46ClFN10O4S. The first kappa shape index (κ1) is 37.5. The van der Waals surface area contributed by atoms with Crippen molar-refractivity contribution in [3.63, 3.8) is 0 Å². The van der Waals surface area contributed by atoms with Crippen LogP contribution >= 0.6 is 11.6 Å². The molecule has 4 aliphatic heterocycles. The van der Waals surface area contributed by atoms with Gasteiger partial charge in [0.1, 0.15) is 6.17 Å². The molecule has 2 N–H and O–H groups in total. The largest absolute Gasteiger partial charge is 0.371 e. The van der Waals surface area contributed by atoms with Gasteiger partial charge in [0.15, 0.2) is 5.82 Å². The Morgan fingerprint density at radius 3 is 2.44 bits per heavy atom. The van der Waals surface area contributed by atoms with Crippen molar-refractivity contribution in [3.05, 3.63) is 65.4 Å². The first-order chi connectivity index (χ1) is 26.5. The van der Waals surface area contributed by atoms with Crippen LogP contribution in [0.25, 0.3) is 10.9 Å². The predicted molar refractivity (Wildman–Crippen MR) is 209 cm³/mol. The molecule has 292 valence electrons. The monoisotopic (exact) mass is 792 g/mol. The topological polar surface area (TPSA) is 149 Å². The number of piperidine rings is 3. The highest BCUT2D eigenvalue weighted by Gasteiger charge is 2.37. The van der Waals surface area contributed by atoms with Crippen molar-refractivity contribution in [2.75, 3.05) is 67.5 Å². The summed E-state index contributed by atoms with van der Waals surface area (Å²) in [4.78, 5) is 38.8. The fourth-order valence-corrected chi connectivity index (χ4v) is 10.1. The lowest BCUT2D eigenvalue weighted by atomic mass is 9.88. The van der Waals surface area contributed by atoms with Crippen LogP contribution in [0.4, 0.5) is 26.6 Å². The van der Waals surface area contributed by atoms with Crippen LogP contribution in [0.2, 0.25) is 5.02 Å². The average molecular weight is 793 g/mol. The Bertz CT molecular complexity index is 2160. The number of amides is 3. The smallest absolute Gasteiger partial charge is 0.329 e. The number of hydrogen-bond donors (Lipinski definition) is 2. The highest BCUT2D eigenvalue weighted by Crippen LogP contribution is 2.35. The Labute approximate surface area is 325 Å². The van der Waals surface area contributed by atoms with Crippen molar-refractivity contribution < 1.29 is 22.4 Å². The quantitative estimate of drug-likeness (QED) is 0.243. The lowest BCUT2D eigenvalue weighted by Gasteiger charge is -2.38. The zero-order valence-corrected chi connectivity index (χ0v) is 32.4. The van der Waals surface area contributed by atoms with Gasteiger partial charge < -0.3 is 15.1 Å². The molecule has 0 unspecified atom stereocenters. The molecule has 2 atom stereocenters. The van der Waals surface area contributed by atoms with Crippen LogP contribution in [-0.2, 0) is 21.9 Å². The number of aromatic nitrogens is 4. The molecule has 55 heavy (non-hydrogen) atoms. The van der Waals surface area contributed by atoms with E-state index in [9.17, 15) is 18.0 Å². The Hall–Kier alpha value is -4.38. The van der Waals surface area contributed by atoms with Gasteiger partial charge in [0, 0.05) is 63.8 Å². The number of urea groups is 1. The summed E-state index contributed by atoms with van der Waals surface area (Å²) >= 11 is 5.85. The maximum atomic E-state index is 15.2. The molecule has 4 fully saturated rings. The number of halogens is 2.